The van der Waals surface area contributed by atoms with E-state index in [0.29, 0.717) is 0 Å². The molecule has 0 aromatic heterocycles. The van der Waals surface area contributed by atoms with E-state index in [1.54, 1.807) is 0 Å². The van der Waals surface area contributed by atoms with Crippen molar-refractivity contribution in [2.24, 2.45) is 0 Å². The molecule has 0 aliphatic carbocycles. The molecule has 150 valence electrons. The quantitative estimate of drug-likeness (QED) is 0.348. The monoisotopic (exact) mass is 375 g/mol. The highest BCUT2D eigenvalue weighted by molar-refractivity contribution is 5.49. The number of hydrogen-bond donors (Lipinski definition) is 0. The lowest BCUT2D eigenvalue weighted by Crippen LogP contribution is -2.44. The van der Waals surface area contributed by atoms with Crippen molar-refractivity contribution in [1.29, 1.82) is 0 Å². The van der Waals surface area contributed by atoms with Gasteiger partial charge in [0.05, 0.1) is 0 Å². The Labute approximate surface area is 172 Å². The minimum atomic E-state index is 0.190. The Hall–Kier alpha value is -2.12. The lowest BCUT2D eigenvalue weighted by Gasteiger charge is -2.37. The number of benzene rings is 2. The Balaban J connectivity index is 2.00. The molecule has 0 saturated carbocycles. The SMILES string of the molecule is CCCCCCC(C)(C)N(C/C=C/c1ccccc1)C/C=C/c1ccccc1. The molecular weight excluding hydrogens is 338 g/mol. The van der Waals surface area contributed by atoms with Crippen LogP contribution in [0.3, 0.4) is 0 Å². The fourth-order valence-corrected chi connectivity index (χ4v) is 3.47. The Kier molecular flexibility index (Phi) is 9.79. The maximum atomic E-state index is 2.60. The zero-order valence-electron chi connectivity index (χ0n) is 18.0. The van der Waals surface area contributed by atoms with E-state index in [2.05, 4.69) is 111 Å². The van der Waals surface area contributed by atoms with Crippen LogP contribution in [0, 0.1) is 0 Å². The highest BCUT2D eigenvalue weighted by Gasteiger charge is 2.24. The van der Waals surface area contributed by atoms with E-state index in [0.717, 1.165) is 13.1 Å². The second kappa shape index (κ2) is 12.4. The molecule has 1 nitrogen and oxygen atoms in total. The van der Waals surface area contributed by atoms with Crippen molar-refractivity contribution in [3.05, 3.63) is 83.9 Å². The normalized spacial score (nSPS) is 12.4. The molecule has 0 amide bonds. The summed E-state index contributed by atoms with van der Waals surface area (Å²) in [4.78, 5) is 2.60. The van der Waals surface area contributed by atoms with Gasteiger partial charge < -0.3 is 0 Å². The van der Waals surface area contributed by atoms with Crippen LogP contribution in [0.25, 0.3) is 12.2 Å². The first-order valence-electron chi connectivity index (χ1n) is 10.8. The van der Waals surface area contributed by atoms with Crippen molar-refractivity contribution < 1.29 is 0 Å². The Morgan fingerprint density at radius 3 is 1.68 bits per heavy atom. The fourth-order valence-electron chi connectivity index (χ4n) is 3.47. The maximum absolute atomic E-state index is 2.60. The van der Waals surface area contributed by atoms with Gasteiger partial charge in [0.25, 0.3) is 0 Å². The first-order chi connectivity index (χ1) is 13.6. The van der Waals surface area contributed by atoms with Crippen LogP contribution in [-0.2, 0) is 0 Å². The third-order valence-corrected chi connectivity index (χ3v) is 5.37. The average molecular weight is 376 g/mol. The summed E-state index contributed by atoms with van der Waals surface area (Å²) in [5.74, 6) is 0. The molecule has 0 spiro atoms. The minimum Gasteiger partial charge on any atom is -0.291 e. The Morgan fingerprint density at radius 2 is 1.21 bits per heavy atom. The van der Waals surface area contributed by atoms with Gasteiger partial charge in [-0.05, 0) is 31.4 Å². The summed E-state index contributed by atoms with van der Waals surface area (Å²) in [5, 5.41) is 0. The van der Waals surface area contributed by atoms with Gasteiger partial charge in [-0.1, -0.05) is 118 Å². The van der Waals surface area contributed by atoms with Gasteiger partial charge in [0.15, 0.2) is 0 Å². The van der Waals surface area contributed by atoms with E-state index in [4.69, 9.17) is 0 Å². The van der Waals surface area contributed by atoms with Crippen LogP contribution in [0.5, 0.6) is 0 Å². The van der Waals surface area contributed by atoms with Crippen molar-refractivity contribution in [3.8, 4) is 0 Å². The maximum Gasteiger partial charge on any atom is 0.0175 e. The van der Waals surface area contributed by atoms with Crippen molar-refractivity contribution in [3.63, 3.8) is 0 Å². The number of nitrogens with zero attached hydrogens (tertiary/aromatic N) is 1. The van der Waals surface area contributed by atoms with Crippen molar-refractivity contribution in [1.82, 2.24) is 4.90 Å². The predicted molar refractivity (Wildman–Crippen MR) is 125 cm³/mol. The molecule has 0 unspecified atom stereocenters. The van der Waals surface area contributed by atoms with Crippen LogP contribution in [0.2, 0.25) is 0 Å². The number of rotatable bonds is 12. The van der Waals surface area contributed by atoms with Crippen LogP contribution in [0.4, 0.5) is 0 Å². The lowest BCUT2D eigenvalue weighted by atomic mass is 9.94. The van der Waals surface area contributed by atoms with Gasteiger partial charge in [0, 0.05) is 18.6 Å². The zero-order valence-corrected chi connectivity index (χ0v) is 18.0. The third kappa shape index (κ3) is 8.27. The van der Waals surface area contributed by atoms with Crippen LogP contribution in [-0.4, -0.2) is 23.5 Å². The fraction of sp³-hybridized carbons (Fsp3) is 0.407. The minimum absolute atomic E-state index is 0.190. The first kappa shape index (κ1) is 22.2. The van der Waals surface area contributed by atoms with E-state index >= 15 is 0 Å². The van der Waals surface area contributed by atoms with E-state index < -0.39 is 0 Å². The molecular formula is C27H37N. The molecule has 0 N–H and O–H groups in total. The van der Waals surface area contributed by atoms with E-state index in [1.807, 2.05) is 0 Å². The Bertz CT molecular complexity index is 646. The second-order valence-electron chi connectivity index (χ2n) is 8.15. The van der Waals surface area contributed by atoms with Crippen molar-refractivity contribution in [2.75, 3.05) is 13.1 Å². The van der Waals surface area contributed by atoms with Gasteiger partial charge in [0.1, 0.15) is 0 Å². The molecule has 1 heteroatoms. The first-order valence-corrected chi connectivity index (χ1v) is 10.8. The van der Waals surface area contributed by atoms with Crippen LogP contribution in [0.1, 0.15) is 64.0 Å². The molecule has 0 bridgehead atoms. The summed E-state index contributed by atoms with van der Waals surface area (Å²) in [7, 11) is 0. The van der Waals surface area contributed by atoms with Gasteiger partial charge in [0.2, 0.25) is 0 Å². The molecule has 0 aliphatic heterocycles. The van der Waals surface area contributed by atoms with Gasteiger partial charge in [-0.3, -0.25) is 4.90 Å². The summed E-state index contributed by atoms with van der Waals surface area (Å²) in [6.45, 7) is 9.00. The van der Waals surface area contributed by atoms with Crippen LogP contribution < -0.4 is 0 Å². The number of hydrogen-bond acceptors (Lipinski definition) is 1. The van der Waals surface area contributed by atoms with Crippen molar-refractivity contribution >= 4 is 12.2 Å². The van der Waals surface area contributed by atoms with E-state index in [-0.39, 0.29) is 5.54 Å². The molecule has 2 aromatic rings. The topological polar surface area (TPSA) is 3.24 Å². The number of unbranched alkanes of at least 4 members (excludes halogenated alkanes) is 3. The lowest BCUT2D eigenvalue weighted by molar-refractivity contribution is 0.139. The van der Waals surface area contributed by atoms with Gasteiger partial charge in [-0.25, -0.2) is 0 Å². The molecule has 0 aliphatic rings. The second-order valence-corrected chi connectivity index (χ2v) is 8.15. The van der Waals surface area contributed by atoms with Crippen LogP contribution >= 0.6 is 0 Å². The molecule has 2 aromatic carbocycles. The van der Waals surface area contributed by atoms with Gasteiger partial charge in [-0.15, -0.1) is 0 Å². The summed E-state index contributed by atoms with van der Waals surface area (Å²) in [5.41, 5.74) is 2.72. The standard InChI is InChI=1S/C27H37N/c1-4-5-6-13-22-27(2,3)28(23-14-20-25-16-9-7-10-17-25)24-15-21-26-18-11-8-12-19-26/h7-12,14-21H,4-6,13,22-24H2,1-3H3/b20-14+,21-15+. The van der Waals surface area contributed by atoms with Gasteiger partial charge in [-0.2, -0.15) is 0 Å². The Morgan fingerprint density at radius 1 is 0.714 bits per heavy atom. The largest absolute Gasteiger partial charge is 0.291 e. The zero-order chi connectivity index (χ0) is 20.1. The summed E-state index contributed by atoms with van der Waals surface area (Å²) in [6, 6.07) is 21.1. The summed E-state index contributed by atoms with van der Waals surface area (Å²) in [6.07, 6.45) is 15.6. The smallest absolute Gasteiger partial charge is 0.0175 e. The molecule has 28 heavy (non-hydrogen) atoms. The van der Waals surface area contributed by atoms with Crippen molar-refractivity contribution in [2.45, 2.75) is 58.4 Å². The third-order valence-electron chi connectivity index (χ3n) is 5.37. The highest BCUT2D eigenvalue weighted by atomic mass is 15.2. The molecule has 0 heterocycles. The van der Waals surface area contributed by atoms with E-state index in [9.17, 15) is 0 Å². The molecule has 0 saturated heterocycles. The summed E-state index contributed by atoms with van der Waals surface area (Å²) >= 11 is 0. The molecule has 0 radical (unpaired) electrons. The van der Waals surface area contributed by atoms with E-state index in [1.165, 1.54) is 43.2 Å². The van der Waals surface area contributed by atoms with Gasteiger partial charge >= 0.3 is 0 Å². The molecule has 2 rings (SSSR count). The van der Waals surface area contributed by atoms with Crippen LogP contribution in [0.15, 0.2) is 72.8 Å². The molecule has 0 fully saturated rings. The average Bonchev–Trinajstić information content (AvgIpc) is 2.71. The highest BCUT2D eigenvalue weighted by Crippen LogP contribution is 2.23. The molecule has 0 atom stereocenters. The predicted octanol–water partition coefficient (Wildman–Crippen LogP) is 7.46. The summed E-state index contributed by atoms with van der Waals surface area (Å²) < 4.78 is 0.